The van der Waals surface area contributed by atoms with Crippen molar-refractivity contribution >= 4 is 32.6 Å². The van der Waals surface area contributed by atoms with Gasteiger partial charge in [-0.1, -0.05) is 34.1 Å². The molecule has 1 aliphatic rings. The van der Waals surface area contributed by atoms with Crippen LogP contribution >= 0.6 is 15.9 Å². The maximum atomic E-state index is 12.8. The second-order valence-corrected chi connectivity index (χ2v) is 6.02. The van der Waals surface area contributed by atoms with Crippen molar-refractivity contribution in [1.29, 1.82) is 0 Å². The van der Waals surface area contributed by atoms with Gasteiger partial charge in [0.05, 0.1) is 13.2 Å². The van der Waals surface area contributed by atoms with Crippen LogP contribution in [0.3, 0.4) is 0 Å². The number of nitrogens with one attached hydrogen (secondary N) is 1. The molecule has 0 atom stereocenters. The first-order valence-corrected chi connectivity index (χ1v) is 7.53. The van der Waals surface area contributed by atoms with Gasteiger partial charge in [-0.25, -0.2) is 0 Å². The van der Waals surface area contributed by atoms with Gasteiger partial charge in [-0.2, -0.15) is 0 Å². The van der Waals surface area contributed by atoms with E-state index < -0.39 is 0 Å². The van der Waals surface area contributed by atoms with Crippen LogP contribution in [0.4, 0.5) is 0 Å². The third-order valence-electron chi connectivity index (χ3n) is 3.88. The van der Waals surface area contributed by atoms with Gasteiger partial charge in [0.15, 0.2) is 5.78 Å². The number of fused-ring (bicyclic) bond motifs is 2. The number of H-pyrrole nitrogens is 1. The van der Waals surface area contributed by atoms with E-state index in [0.29, 0.717) is 24.3 Å². The Morgan fingerprint density at radius 1 is 1.14 bits per heavy atom. The molecular weight excluding hydrogens is 330 g/mol. The van der Waals surface area contributed by atoms with E-state index in [1.54, 1.807) is 6.20 Å². The van der Waals surface area contributed by atoms with Crippen molar-refractivity contribution in [3.05, 3.63) is 69.3 Å². The van der Waals surface area contributed by atoms with Crippen molar-refractivity contribution in [1.82, 2.24) is 4.98 Å². The number of hydrogen-bond acceptors (Lipinski definition) is 2. The molecule has 0 fully saturated rings. The summed E-state index contributed by atoms with van der Waals surface area (Å²) in [4.78, 5) is 15.9. The zero-order chi connectivity index (χ0) is 14.4. The van der Waals surface area contributed by atoms with Crippen LogP contribution in [0.25, 0.3) is 10.9 Å². The van der Waals surface area contributed by atoms with Gasteiger partial charge in [-0.05, 0) is 29.3 Å². The molecule has 4 heteroatoms. The molecule has 0 aliphatic carbocycles. The minimum absolute atomic E-state index is 0.0304. The van der Waals surface area contributed by atoms with Gasteiger partial charge in [0.2, 0.25) is 0 Å². The maximum Gasteiger partial charge on any atom is 0.195 e. The average Bonchev–Trinajstić information content (AvgIpc) is 3.13. The monoisotopic (exact) mass is 341 g/mol. The Kier molecular flexibility index (Phi) is 2.94. The second kappa shape index (κ2) is 4.83. The lowest BCUT2D eigenvalue weighted by molar-refractivity contribution is 0.104. The molecule has 1 aromatic heterocycles. The summed E-state index contributed by atoms with van der Waals surface area (Å²) in [5, 5.41) is 0.930. The van der Waals surface area contributed by atoms with Crippen molar-refractivity contribution in [2.45, 2.75) is 13.2 Å². The van der Waals surface area contributed by atoms with Crippen LogP contribution in [0.2, 0.25) is 0 Å². The standard InChI is InChI=1S/C17H12BrNO2/c18-14-2-1-3-15-16(14)13(7-19-15)17(20)10-4-5-11-8-21-9-12(11)6-10/h1-7,19H,8-9H2. The lowest BCUT2D eigenvalue weighted by atomic mass is 9.99. The third-order valence-corrected chi connectivity index (χ3v) is 4.54. The number of carbonyl (C=O) groups is 1. The van der Waals surface area contributed by atoms with Gasteiger partial charge < -0.3 is 9.72 Å². The van der Waals surface area contributed by atoms with Crippen LogP contribution in [0.1, 0.15) is 27.0 Å². The molecule has 4 rings (SSSR count). The number of benzene rings is 2. The summed E-state index contributed by atoms with van der Waals surface area (Å²) in [6, 6.07) is 11.7. The first kappa shape index (κ1) is 12.8. The summed E-state index contributed by atoms with van der Waals surface area (Å²) in [5.41, 5.74) is 4.64. The van der Waals surface area contributed by atoms with E-state index in [1.165, 1.54) is 5.56 Å². The molecule has 104 valence electrons. The topological polar surface area (TPSA) is 42.1 Å². The van der Waals surface area contributed by atoms with Crippen molar-refractivity contribution in [2.75, 3.05) is 0 Å². The Bertz CT molecular complexity index is 866. The normalized spacial score (nSPS) is 13.6. The van der Waals surface area contributed by atoms with E-state index in [1.807, 2.05) is 36.4 Å². The van der Waals surface area contributed by atoms with Gasteiger partial charge >= 0.3 is 0 Å². The first-order chi connectivity index (χ1) is 10.2. The lowest BCUT2D eigenvalue weighted by Crippen LogP contribution is -2.01. The van der Waals surface area contributed by atoms with Gasteiger partial charge in [0.1, 0.15) is 0 Å². The summed E-state index contributed by atoms with van der Waals surface area (Å²) in [6.07, 6.45) is 1.78. The summed E-state index contributed by atoms with van der Waals surface area (Å²) in [6.45, 7) is 1.23. The summed E-state index contributed by atoms with van der Waals surface area (Å²) in [7, 11) is 0. The van der Waals surface area contributed by atoms with Gasteiger partial charge in [-0.15, -0.1) is 0 Å². The summed E-state index contributed by atoms with van der Waals surface area (Å²) in [5.74, 6) is 0.0304. The molecule has 1 N–H and O–H groups in total. The van der Waals surface area contributed by atoms with Crippen LogP contribution in [0.15, 0.2) is 47.1 Å². The largest absolute Gasteiger partial charge is 0.372 e. The highest BCUT2D eigenvalue weighted by Gasteiger charge is 2.18. The van der Waals surface area contributed by atoms with Crippen LogP contribution in [0.5, 0.6) is 0 Å². The van der Waals surface area contributed by atoms with E-state index in [9.17, 15) is 4.79 Å². The van der Waals surface area contributed by atoms with E-state index in [4.69, 9.17) is 4.74 Å². The fourth-order valence-corrected chi connectivity index (χ4v) is 3.37. The molecule has 0 spiro atoms. The van der Waals surface area contributed by atoms with Crippen molar-refractivity contribution in [2.24, 2.45) is 0 Å². The molecule has 0 bridgehead atoms. The average molecular weight is 342 g/mol. The van der Waals surface area contributed by atoms with Gasteiger partial charge in [0, 0.05) is 32.7 Å². The maximum absolute atomic E-state index is 12.8. The Labute approximate surface area is 130 Å². The molecule has 0 saturated heterocycles. The fraction of sp³-hybridized carbons (Fsp3) is 0.118. The second-order valence-electron chi connectivity index (χ2n) is 5.17. The van der Waals surface area contributed by atoms with Crippen molar-refractivity contribution < 1.29 is 9.53 Å². The molecule has 1 aliphatic heterocycles. The highest BCUT2D eigenvalue weighted by molar-refractivity contribution is 9.10. The first-order valence-electron chi connectivity index (χ1n) is 6.74. The predicted molar refractivity (Wildman–Crippen MR) is 84.4 cm³/mol. The molecule has 0 unspecified atom stereocenters. The van der Waals surface area contributed by atoms with Gasteiger partial charge in [-0.3, -0.25) is 4.79 Å². The molecule has 21 heavy (non-hydrogen) atoms. The quantitative estimate of drug-likeness (QED) is 0.710. The number of carbonyl (C=O) groups excluding carboxylic acids is 1. The Hall–Kier alpha value is -1.91. The Morgan fingerprint density at radius 3 is 2.90 bits per heavy atom. The summed E-state index contributed by atoms with van der Waals surface area (Å²) >= 11 is 3.53. The number of aromatic amines is 1. The van der Waals surface area contributed by atoms with E-state index in [-0.39, 0.29) is 5.78 Å². The minimum Gasteiger partial charge on any atom is -0.372 e. The van der Waals surface area contributed by atoms with Crippen molar-refractivity contribution in [3.8, 4) is 0 Å². The Morgan fingerprint density at radius 2 is 2.00 bits per heavy atom. The number of aromatic nitrogens is 1. The fourth-order valence-electron chi connectivity index (χ4n) is 2.79. The Balaban J connectivity index is 1.83. The zero-order valence-corrected chi connectivity index (χ0v) is 12.7. The molecule has 0 amide bonds. The van der Waals surface area contributed by atoms with Crippen LogP contribution in [-0.2, 0) is 18.0 Å². The molecular formula is C17H12BrNO2. The van der Waals surface area contributed by atoms with Crippen LogP contribution < -0.4 is 0 Å². The predicted octanol–water partition coefficient (Wildman–Crippen LogP) is 4.19. The SMILES string of the molecule is O=C(c1ccc2c(c1)COC2)c1c[nH]c2cccc(Br)c12. The van der Waals surface area contributed by atoms with Crippen LogP contribution in [-0.4, -0.2) is 10.8 Å². The molecule has 2 heterocycles. The molecule has 0 saturated carbocycles. The number of hydrogen-bond donors (Lipinski definition) is 1. The number of rotatable bonds is 2. The minimum atomic E-state index is 0.0304. The molecule has 3 aromatic rings. The molecule has 2 aromatic carbocycles. The number of halogens is 1. The summed E-state index contributed by atoms with van der Waals surface area (Å²) < 4.78 is 6.33. The van der Waals surface area contributed by atoms with Gasteiger partial charge in [0.25, 0.3) is 0 Å². The van der Waals surface area contributed by atoms with E-state index in [0.717, 1.165) is 20.9 Å². The number of ketones is 1. The van der Waals surface area contributed by atoms with E-state index in [2.05, 4.69) is 20.9 Å². The zero-order valence-electron chi connectivity index (χ0n) is 11.2. The lowest BCUT2D eigenvalue weighted by Gasteiger charge is -2.03. The molecule has 3 nitrogen and oxygen atoms in total. The molecule has 0 radical (unpaired) electrons. The van der Waals surface area contributed by atoms with Crippen LogP contribution in [0, 0.1) is 0 Å². The highest BCUT2D eigenvalue weighted by Crippen LogP contribution is 2.29. The smallest absolute Gasteiger partial charge is 0.195 e. The highest BCUT2D eigenvalue weighted by atomic mass is 79.9. The third kappa shape index (κ3) is 2.03. The van der Waals surface area contributed by atoms with E-state index >= 15 is 0 Å². The van der Waals surface area contributed by atoms with Crippen molar-refractivity contribution in [3.63, 3.8) is 0 Å². The number of ether oxygens (including phenoxy) is 1.